The molecule has 0 saturated carbocycles. The maximum Gasteiger partial charge on any atom is 0.341 e. The van der Waals surface area contributed by atoms with E-state index in [0.717, 1.165) is 10.1 Å². The molecule has 5 aromatic rings. The number of fused-ring (bicyclic) bond motifs is 1. The quantitative estimate of drug-likeness (QED) is 0.334. The van der Waals surface area contributed by atoms with Gasteiger partial charge in [0.25, 0.3) is 5.56 Å². The molecule has 0 unspecified atom stereocenters. The average Bonchev–Trinajstić information content (AvgIpc) is 2.81. The van der Waals surface area contributed by atoms with Gasteiger partial charge >= 0.3 is 5.69 Å². The lowest BCUT2D eigenvalue weighted by Gasteiger charge is -2.16. The van der Waals surface area contributed by atoms with Gasteiger partial charge in [0.15, 0.2) is 5.65 Å². The van der Waals surface area contributed by atoms with Crippen molar-refractivity contribution in [3.05, 3.63) is 122 Å². The van der Waals surface area contributed by atoms with Gasteiger partial charge in [0.1, 0.15) is 10.5 Å². The maximum absolute atomic E-state index is 13.6. The Morgan fingerprint density at radius 2 is 1.16 bits per heavy atom. The van der Waals surface area contributed by atoms with Crippen molar-refractivity contribution < 1.29 is 0 Å². The first kappa shape index (κ1) is 20.2. The Morgan fingerprint density at radius 1 is 0.656 bits per heavy atom. The fourth-order valence-corrected chi connectivity index (χ4v) is 4.42. The number of benzene rings is 3. The largest absolute Gasteiger partial charge is 0.341 e. The normalized spacial score (nSPS) is 11.1. The van der Waals surface area contributed by atoms with Gasteiger partial charge in [-0.3, -0.25) is 4.79 Å². The molecule has 0 fully saturated rings. The standard InChI is InChI=1S/C25H15Cl2N3O2/c26-21-19(16-10-4-1-5-11-16)22(27)28-23-20(21)24(31)30(18-14-8-3-9-15-18)25(32)29(23)17-12-6-2-7-13-17/h1-15H. The summed E-state index contributed by atoms with van der Waals surface area (Å²) in [5, 5.41) is 0.363. The second-order valence-corrected chi connectivity index (χ2v) is 7.82. The molecule has 2 aromatic heterocycles. The smallest absolute Gasteiger partial charge is 0.268 e. The lowest BCUT2D eigenvalue weighted by molar-refractivity contribution is 0.826. The third kappa shape index (κ3) is 3.23. The van der Waals surface area contributed by atoms with Crippen LogP contribution in [0.1, 0.15) is 0 Å². The lowest BCUT2D eigenvalue weighted by Crippen LogP contribution is -2.39. The SMILES string of the molecule is O=c1c2c(Cl)c(-c3ccccc3)c(Cl)nc2n(-c2ccccc2)c(=O)n1-c1ccccc1. The minimum Gasteiger partial charge on any atom is -0.268 e. The van der Waals surface area contributed by atoms with E-state index in [-0.39, 0.29) is 21.2 Å². The lowest BCUT2D eigenvalue weighted by atomic mass is 10.1. The van der Waals surface area contributed by atoms with Gasteiger partial charge in [0.2, 0.25) is 0 Å². The van der Waals surface area contributed by atoms with Crippen molar-refractivity contribution >= 4 is 34.2 Å². The Kier molecular flexibility index (Phi) is 5.13. The molecule has 0 spiro atoms. The van der Waals surface area contributed by atoms with Crippen molar-refractivity contribution in [3.8, 4) is 22.5 Å². The Bertz CT molecular complexity index is 1560. The summed E-state index contributed by atoms with van der Waals surface area (Å²) in [5.74, 6) is 0. The molecule has 0 aliphatic carbocycles. The van der Waals surface area contributed by atoms with Crippen LogP contribution in [0, 0.1) is 0 Å². The van der Waals surface area contributed by atoms with Crippen LogP contribution in [0.15, 0.2) is 101 Å². The molecule has 156 valence electrons. The number of hydrogen-bond acceptors (Lipinski definition) is 3. The third-order valence-corrected chi connectivity index (χ3v) is 5.83. The molecule has 32 heavy (non-hydrogen) atoms. The van der Waals surface area contributed by atoms with Crippen LogP contribution in [0.4, 0.5) is 0 Å². The summed E-state index contributed by atoms with van der Waals surface area (Å²) in [6, 6.07) is 26.9. The molecule has 0 aliphatic heterocycles. The summed E-state index contributed by atoms with van der Waals surface area (Å²) in [6.45, 7) is 0. The van der Waals surface area contributed by atoms with Crippen LogP contribution in [0.25, 0.3) is 33.5 Å². The van der Waals surface area contributed by atoms with E-state index in [2.05, 4.69) is 4.98 Å². The molecule has 0 N–H and O–H groups in total. The Labute approximate surface area is 192 Å². The highest BCUT2D eigenvalue weighted by molar-refractivity contribution is 6.42. The van der Waals surface area contributed by atoms with E-state index in [9.17, 15) is 9.59 Å². The number of rotatable bonds is 3. The second-order valence-electron chi connectivity index (χ2n) is 7.09. The van der Waals surface area contributed by atoms with Crippen molar-refractivity contribution in [2.75, 3.05) is 0 Å². The van der Waals surface area contributed by atoms with E-state index in [1.54, 1.807) is 48.5 Å². The summed E-state index contributed by atoms with van der Waals surface area (Å²) in [7, 11) is 0. The van der Waals surface area contributed by atoms with Gasteiger partial charge < -0.3 is 0 Å². The zero-order valence-electron chi connectivity index (χ0n) is 16.6. The van der Waals surface area contributed by atoms with Crippen LogP contribution in [0.3, 0.4) is 0 Å². The van der Waals surface area contributed by atoms with Crippen LogP contribution in [0.2, 0.25) is 10.2 Å². The van der Waals surface area contributed by atoms with Gasteiger partial charge in [-0.2, -0.15) is 0 Å². The van der Waals surface area contributed by atoms with Gasteiger partial charge in [-0.25, -0.2) is 18.9 Å². The molecular formula is C25H15Cl2N3O2. The molecule has 5 nitrogen and oxygen atoms in total. The van der Waals surface area contributed by atoms with Gasteiger partial charge in [0, 0.05) is 5.56 Å². The number of aromatic nitrogens is 3. The highest BCUT2D eigenvalue weighted by Gasteiger charge is 2.23. The van der Waals surface area contributed by atoms with Crippen LogP contribution >= 0.6 is 23.2 Å². The molecule has 0 amide bonds. The molecule has 0 saturated heterocycles. The monoisotopic (exact) mass is 459 g/mol. The fourth-order valence-electron chi connectivity index (χ4n) is 3.72. The predicted octanol–water partition coefficient (Wildman–Crippen LogP) is 5.51. The van der Waals surface area contributed by atoms with Gasteiger partial charge in [0.05, 0.1) is 16.4 Å². The van der Waals surface area contributed by atoms with Gasteiger partial charge in [-0.15, -0.1) is 0 Å². The summed E-state index contributed by atoms with van der Waals surface area (Å²) in [5.41, 5.74) is 1.12. The number of nitrogens with zero attached hydrogens (tertiary/aromatic N) is 3. The van der Waals surface area contributed by atoms with Crippen molar-refractivity contribution in [2.45, 2.75) is 0 Å². The summed E-state index contributed by atoms with van der Waals surface area (Å²) < 4.78 is 2.46. The van der Waals surface area contributed by atoms with Crippen molar-refractivity contribution in [2.24, 2.45) is 0 Å². The zero-order chi connectivity index (χ0) is 22.2. The second kappa shape index (κ2) is 8.11. The van der Waals surface area contributed by atoms with E-state index in [1.807, 2.05) is 42.5 Å². The van der Waals surface area contributed by atoms with Crippen molar-refractivity contribution in [3.63, 3.8) is 0 Å². The molecule has 2 heterocycles. The highest BCUT2D eigenvalue weighted by atomic mass is 35.5. The molecule has 5 rings (SSSR count). The average molecular weight is 460 g/mol. The van der Waals surface area contributed by atoms with E-state index in [0.29, 0.717) is 16.9 Å². The number of hydrogen-bond donors (Lipinski definition) is 0. The van der Waals surface area contributed by atoms with E-state index >= 15 is 0 Å². The first-order valence-corrected chi connectivity index (χ1v) is 10.6. The van der Waals surface area contributed by atoms with Gasteiger partial charge in [-0.05, 0) is 29.8 Å². The van der Waals surface area contributed by atoms with E-state index in [1.165, 1.54) is 4.57 Å². The molecule has 0 bridgehead atoms. The third-order valence-electron chi connectivity index (χ3n) is 5.18. The van der Waals surface area contributed by atoms with Crippen LogP contribution in [0.5, 0.6) is 0 Å². The molecular weight excluding hydrogens is 445 g/mol. The van der Waals surface area contributed by atoms with Crippen LogP contribution in [-0.2, 0) is 0 Å². The topological polar surface area (TPSA) is 56.9 Å². The molecule has 0 aliphatic rings. The summed E-state index contributed by atoms with van der Waals surface area (Å²) in [4.78, 5) is 31.7. The van der Waals surface area contributed by atoms with Crippen LogP contribution < -0.4 is 11.2 Å². The number of para-hydroxylation sites is 2. The van der Waals surface area contributed by atoms with E-state index in [4.69, 9.17) is 23.2 Å². The Balaban J connectivity index is 2.00. The summed E-state index contributed by atoms with van der Waals surface area (Å²) >= 11 is 13.3. The minimum absolute atomic E-state index is 0.105. The minimum atomic E-state index is -0.563. The molecule has 0 atom stereocenters. The molecule has 3 aromatic carbocycles. The fraction of sp³-hybridized carbons (Fsp3) is 0. The van der Waals surface area contributed by atoms with Crippen LogP contribution in [-0.4, -0.2) is 14.1 Å². The van der Waals surface area contributed by atoms with Gasteiger partial charge in [-0.1, -0.05) is 89.9 Å². The van der Waals surface area contributed by atoms with Crippen molar-refractivity contribution in [1.29, 1.82) is 0 Å². The predicted molar refractivity (Wildman–Crippen MR) is 128 cm³/mol. The maximum atomic E-state index is 13.6. The molecule has 0 radical (unpaired) electrons. The number of pyridine rings is 1. The first-order chi connectivity index (χ1) is 15.6. The number of halogens is 2. The first-order valence-electron chi connectivity index (χ1n) is 9.81. The summed E-state index contributed by atoms with van der Waals surface area (Å²) in [6.07, 6.45) is 0. The highest BCUT2D eigenvalue weighted by Crippen LogP contribution is 2.37. The van der Waals surface area contributed by atoms with Crippen molar-refractivity contribution in [1.82, 2.24) is 14.1 Å². The Hall–Kier alpha value is -3.67. The molecule has 7 heteroatoms. The van der Waals surface area contributed by atoms with E-state index < -0.39 is 11.2 Å². The zero-order valence-corrected chi connectivity index (χ0v) is 18.1. The Morgan fingerprint density at radius 3 is 1.72 bits per heavy atom.